The van der Waals surface area contributed by atoms with Gasteiger partial charge in [0.2, 0.25) is 0 Å². The van der Waals surface area contributed by atoms with Crippen LogP contribution >= 0.6 is 7.82 Å². The molecule has 0 bridgehead atoms. The van der Waals surface area contributed by atoms with Crippen LogP contribution < -0.4 is 9.05 Å². The predicted octanol–water partition coefficient (Wildman–Crippen LogP) is 6.79. The number of benzene rings is 2. The van der Waals surface area contributed by atoms with Crippen LogP contribution in [0.5, 0.6) is 11.5 Å². The second-order valence-corrected chi connectivity index (χ2v) is 7.88. The normalized spacial score (nSPS) is 11.4. The van der Waals surface area contributed by atoms with E-state index in [1.807, 2.05) is 38.1 Å². The van der Waals surface area contributed by atoms with E-state index in [4.69, 9.17) is 18.6 Å². The van der Waals surface area contributed by atoms with Gasteiger partial charge in [-0.3, -0.25) is 0 Å². The van der Waals surface area contributed by atoms with Crippen LogP contribution in [0.1, 0.15) is 50.2 Å². The summed E-state index contributed by atoms with van der Waals surface area (Å²) >= 11 is 0. The second kappa shape index (κ2) is 11.1. The van der Waals surface area contributed by atoms with E-state index in [9.17, 15) is 4.57 Å². The van der Waals surface area contributed by atoms with Crippen LogP contribution in [-0.2, 0) is 14.1 Å². The van der Waals surface area contributed by atoms with Gasteiger partial charge < -0.3 is 9.05 Å². The first-order valence-corrected chi connectivity index (χ1v) is 10.9. The summed E-state index contributed by atoms with van der Waals surface area (Å²) in [6.45, 7) is 6.23. The molecule has 2 aromatic rings. The number of para-hydroxylation sites is 2. The fourth-order valence-electron chi connectivity index (χ4n) is 2.47. The lowest BCUT2D eigenvalue weighted by atomic mass is 10.2. The summed E-state index contributed by atoms with van der Waals surface area (Å²) in [4.78, 5) is 5.19. The Morgan fingerprint density at radius 1 is 0.778 bits per heavy atom. The number of rotatable bonds is 12. The Labute approximate surface area is 162 Å². The monoisotopic (exact) mass is 392 g/mol. The van der Waals surface area contributed by atoms with Gasteiger partial charge in [-0.15, -0.1) is 4.67 Å². The van der Waals surface area contributed by atoms with Crippen LogP contribution in [0.25, 0.3) is 0 Å². The summed E-state index contributed by atoms with van der Waals surface area (Å²) in [5, 5.41) is 0. The quantitative estimate of drug-likeness (QED) is 0.172. The van der Waals surface area contributed by atoms with Gasteiger partial charge in [-0.2, -0.15) is 0 Å². The third kappa shape index (κ3) is 7.37. The molecule has 0 amide bonds. The van der Waals surface area contributed by atoms with Gasteiger partial charge in [-0.05, 0) is 43.5 Å². The number of hydrogen-bond acceptors (Lipinski definition) is 5. The van der Waals surface area contributed by atoms with Crippen molar-refractivity contribution in [3.05, 3.63) is 59.7 Å². The van der Waals surface area contributed by atoms with Crippen molar-refractivity contribution >= 4 is 7.82 Å². The zero-order chi connectivity index (χ0) is 19.5. The predicted molar refractivity (Wildman–Crippen MR) is 107 cm³/mol. The van der Waals surface area contributed by atoms with Gasteiger partial charge in [0.15, 0.2) is 0 Å². The number of phosphoric acid groups is 1. The molecule has 0 aromatic heterocycles. The van der Waals surface area contributed by atoms with E-state index in [2.05, 4.69) is 6.92 Å². The molecule has 0 spiro atoms. The summed E-state index contributed by atoms with van der Waals surface area (Å²) in [6.07, 6.45) is 5.40. The minimum Gasteiger partial charge on any atom is -0.393 e. The number of aryl methyl sites for hydroxylation is 2. The van der Waals surface area contributed by atoms with Crippen molar-refractivity contribution in [2.45, 2.75) is 52.9 Å². The van der Waals surface area contributed by atoms with E-state index in [1.165, 1.54) is 12.8 Å². The van der Waals surface area contributed by atoms with Crippen molar-refractivity contribution in [1.82, 2.24) is 0 Å². The molecule has 0 saturated heterocycles. The molecule has 0 radical (unpaired) electrons. The van der Waals surface area contributed by atoms with E-state index in [-0.39, 0.29) is 0 Å². The minimum absolute atomic E-state index is 0.335. The summed E-state index contributed by atoms with van der Waals surface area (Å²) in [5.74, 6) is 0.863. The van der Waals surface area contributed by atoms with Gasteiger partial charge in [-0.1, -0.05) is 69.0 Å². The highest BCUT2D eigenvalue weighted by molar-refractivity contribution is 7.49. The molecule has 0 aliphatic rings. The fraction of sp³-hybridized carbons (Fsp3) is 0.429. The van der Waals surface area contributed by atoms with Crippen LogP contribution in [0, 0.1) is 13.8 Å². The third-order valence-corrected chi connectivity index (χ3v) is 5.21. The Kier molecular flexibility index (Phi) is 8.86. The SMILES string of the molecule is CCCCCCCOOP(=O)(Oc1ccccc1C)Oc1ccccc1C. The zero-order valence-corrected chi connectivity index (χ0v) is 17.2. The number of phosphoric ester groups is 1. The van der Waals surface area contributed by atoms with Crippen molar-refractivity contribution in [2.75, 3.05) is 6.61 Å². The first kappa shape index (κ1) is 21.5. The lowest BCUT2D eigenvalue weighted by Gasteiger charge is -2.19. The smallest absolute Gasteiger partial charge is 0.393 e. The highest BCUT2D eigenvalue weighted by Crippen LogP contribution is 2.51. The average molecular weight is 392 g/mol. The van der Waals surface area contributed by atoms with Crippen LogP contribution in [-0.4, -0.2) is 6.61 Å². The van der Waals surface area contributed by atoms with Gasteiger partial charge >= 0.3 is 7.82 Å². The van der Waals surface area contributed by atoms with Crippen molar-refractivity contribution in [1.29, 1.82) is 0 Å². The lowest BCUT2D eigenvalue weighted by molar-refractivity contribution is -0.220. The highest BCUT2D eigenvalue weighted by Gasteiger charge is 2.33. The molecule has 0 atom stereocenters. The summed E-state index contributed by atoms with van der Waals surface area (Å²) in [5.41, 5.74) is 1.66. The van der Waals surface area contributed by atoms with Gasteiger partial charge in [-0.25, -0.2) is 9.45 Å². The maximum atomic E-state index is 13.2. The van der Waals surface area contributed by atoms with Crippen LogP contribution in [0.15, 0.2) is 48.5 Å². The second-order valence-electron chi connectivity index (χ2n) is 6.47. The van der Waals surface area contributed by atoms with Crippen molar-refractivity contribution in [3.63, 3.8) is 0 Å². The van der Waals surface area contributed by atoms with Gasteiger partial charge in [0, 0.05) is 0 Å². The first-order chi connectivity index (χ1) is 13.0. The molecule has 2 rings (SSSR count). The van der Waals surface area contributed by atoms with Crippen LogP contribution in [0.3, 0.4) is 0 Å². The average Bonchev–Trinajstić information content (AvgIpc) is 2.65. The van der Waals surface area contributed by atoms with E-state index >= 15 is 0 Å². The standard InChI is InChI=1S/C21H29O5P/c1-4-5-6-7-12-17-23-26-27(22,24-20-15-10-8-13-18(20)2)25-21-16-11-9-14-19(21)3/h8-11,13-16H,4-7,12,17H2,1-3H3. The summed E-state index contributed by atoms with van der Waals surface area (Å²) in [6, 6.07) is 14.5. The largest absolute Gasteiger partial charge is 0.615 e. The van der Waals surface area contributed by atoms with E-state index in [1.54, 1.807) is 24.3 Å². The molecule has 148 valence electrons. The Bertz CT molecular complexity index is 695. The highest BCUT2D eigenvalue weighted by atomic mass is 31.2. The molecular weight excluding hydrogens is 363 g/mol. The van der Waals surface area contributed by atoms with E-state index in [0.717, 1.165) is 30.4 Å². The van der Waals surface area contributed by atoms with Gasteiger partial charge in [0.25, 0.3) is 0 Å². The van der Waals surface area contributed by atoms with Crippen LogP contribution in [0.2, 0.25) is 0 Å². The molecular formula is C21H29O5P. The molecule has 2 aromatic carbocycles. The Morgan fingerprint density at radius 2 is 1.30 bits per heavy atom. The maximum absolute atomic E-state index is 13.2. The Hall–Kier alpha value is -1.81. The first-order valence-electron chi connectivity index (χ1n) is 9.46. The molecule has 0 aliphatic heterocycles. The summed E-state index contributed by atoms with van der Waals surface area (Å²) in [7, 11) is -4.00. The zero-order valence-electron chi connectivity index (χ0n) is 16.3. The van der Waals surface area contributed by atoms with Crippen LogP contribution in [0.4, 0.5) is 0 Å². The maximum Gasteiger partial charge on any atom is 0.615 e. The van der Waals surface area contributed by atoms with E-state index < -0.39 is 7.82 Å². The number of hydrogen-bond donors (Lipinski definition) is 0. The molecule has 6 heteroatoms. The molecule has 0 aliphatic carbocycles. The van der Waals surface area contributed by atoms with E-state index in [0.29, 0.717) is 18.1 Å². The Morgan fingerprint density at radius 3 is 1.81 bits per heavy atom. The fourth-order valence-corrected chi connectivity index (χ4v) is 3.67. The van der Waals surface area contributed by atoms with Crippen molar-refractivity contribution < 1.29 is 23.2 Å². The Balaban J connectivity index is 2.03. The van der Waals surface area contributed by atoms with Gasteiger partial charge in [0.05, 0.1) is 6.61 Å². The minimum atomic E-state index is -4.00. The molecule has 5 nitrogen and oxygen atoms in total. The molecule has 0 N–H and O–H groups in total. The van der Waals surface area contributed by atoms with Crippen molar-refractivity contribution in [2.24, 2.45) is 0 Å². The molecule has 0 heterocycles. The molecule has 0 fully saturated rings. The third-order valence-electron chi connectivity index (χ3n) is 4.08. The molecule has 27 heavy (non-hydrogen) atoms. The summed E-state index contributed by atoms with van der Waals surface area (Å²) < 4.78 is 29.6. The number of unbranched alkanes of at least 4 members (excludes halogenated alkanes) is 4. The lowest BCUT2D eigenvalue weighted by Crippen LogP contribution is -2.08. The van der Waals surface area contributed by atoms with Gasteiger partial charge in [0.1, 0.15) is 11.5 Å². The van der Waals surface area contributed by atoms with Crippen molar-refractivity contribution in [3.8, 4) is 11.5 Å². The molecule has 0 unspecified atom stereocenters. The molecule has 0 saturated carbocycles. The topological polar surface area (TPSA) is 54.0 Å².